The van der Waals surface area contributed by atoms with Crippen LogP contribution >= 0.6 is 0 Å². The lowest BCUT2D eigenvalue weighted by molar-refractivity contribution is 0.524. The third-order valence-electron chi connectivity index (χ3n) is 2.58. The summed E-state index contributed by atoms with van der Waals surface area (Å²) in [7, 11) is 0. The minimum atomic E-state index is 0.228. The molecule has 0 aliphatic rings. The summed E-state index contributed by atoms with van der Waals surface area (Å²) >= 11 is 0. The zero-order chi connectivity index (χ0) is 10.6. The van der Waals surface area contributed by atoms with E-state index in [4.69, 9.17) is 5.53 Å². The zero-order valence-electron chi connectivity index (χ0n) is 9.58. The lowest BCUT2D eigenvalue weighted by Gasteiger charge is -2.06. The molecule has 0 saturated carbocycles. The summed E-state index contributed by atoms with van der Waals surface area (Å²) in [5, 5.41) is 3.76. The quantitative estimate of drug-likeness (QED) is 0.220. The Morgan fingerprint density at radius 2 is 1.71 bits per heavy atom. The molecule has 0 spiro atoms. The minimum absolute atomic E-state index is 0.228. The fourth-order valence-electron chi connectivity index (χ4n) is 1.58. The van der Waals surface area contributed by atoms with E-state index in [-0.39, 0.29) is 6.04 Å². The second-order valence-electron chi connectivity index (χ2n) is 3.82. The lowest BCUT2D eigenvalue weighted by Crippen LogP contribution is -2.00. The maximum atomic E-state index is 8.30. The Labute approximate surface area is 87.5 Å². The third kappa shape index (κ3) is 7.93. The standard InChI is InChI=1S/C11H23N3/c1-3-5-6-7-8-9-10-11(4-2)13-14-12/h11H,3-10H2,1-2H3. The van der Waals surface area contributed by atoms with Crippen LogP contribution in [0.25, 0.3) is 10.4 Å². The van der Waals surface area contributed by atoms with Gasteiger partial charge < -0.3 is 0 Å². The first-order valence-corrected chi connectivity index (χ1v) is 5.89. The Morgan fingerprint density at radius 3 is 2.29 bits per heavy atom. The number of hydrogen-bond donors (Lipinski definition) is 0. The van der Waals surface area contributed by atoms with Crippen molar-refractivity contribution in [2.45, 2.75) is 71.3 Å². The van der Waals surface area contributed by atoms with Gasteiger partial charge in [0.1, 0.15) is 0 Å². The Kier molecular flexibility index (Phi) is 9.88. The van der Waals surface area contributed by atoms with Crippen LogP contribution < -0.4 is 0 Å². The molecule has 3 heteroatoms. The molecule has 82 valence electrons. The van der Waals surface area contributed by atoms with Gasteiger partial charge in [0, 0.05) is 11.0 Å². The number of nitrogens with zero attached hydrogens (tertiary/aromatic N) is 3. The SMILES string of the molecule is CCCCCCCCC(CC)N=[N+]=[N-]. The van der Waals surface area contributed by atoms with E-state index in [1.54, 1.807) is 0 Å². The van der Waals surface area contributed by atoms with Gasteiger partial charge in [-0.25, -0.2) is 0 Å². The Balaban J connectivity index is 3.28. The molecule has 0 aromatic rings. The summed E-state index contributed by atoms with van der Waals surface area (Å²) in [6, 6.07) is 0.228. The number of azide groups is 1. The Hall–Kier alpha value is -0.690. The number of rotatable bonds is 9. The van der Waals surface area contributed by atoms with Gasteiger partial charge in [-0.3, -0.25) is 0 Å². The first-order valence-electron chi connectivity index (χ1n) is 5.89. The number of unbranched alkanes of at least 4 members (excludes halogenated alkanes) is 5. The van der Waals surface area contributed by atoms with Crippen LogP contribution in [0.15, 0.2) is 5.11 Å². The molecule has 0 N–H and O–H groups in total. The normalized spacial score (nSPS) is 12.1. The van der Waals surface area contributed by atoms with Crippen molar-refractivity contribution < 1.29 is 0 Å². The average molecular weight is 197 g/mol. The summed E-state index contributed by atoms with van der Waals surface area (Å²) in [5.41, 5.74) is 8.30. The van der Waals surface area contributed by atoms with Crippen LogP contribution in [0, 0.1) is 0 Å². The van der Waals surface area contributed by atoms with Crippen LogP contribution in [0.1, 0.15) is 65.2 Å². The average Bonchev–Trinajstić information content (AvgIpc) is 2.21. The maximum Gasteiger partial charge on any atom is 0.0371 e. The Morgan fingerprint density at radius 1 is 1.07 bits per heavy atom. The largest absolute Gasteiger partial charge is 0.0906 e. The minimum Gasteiger partial charge on any atom is -0.0906 e. The second kappa shape index (κ2) is 10.4. The van der Waals surface area contributed by atoms with Crippen molar-refractivity contribution in [2.24, 2.45) is 5.11 Å². The molecule has 0 rings (SSSR count). The van der Waals surface area contributed by atoms with E-state index in [9.17, 15) is 0 Å². The van der Waals surface area contributed by atoms with Crippen molar-refractivity contribution in [3.63, 3.8) is 0 Å². The van der Waals surface area contributed by atoms with E-state index in [1.807, 2.05) is 0 Å². The van der Waals surface area contributed by atoms with Gasteiger partial charge in [0.25, 0.3) is 0 Å². The van der Waals surface area contributed by atoms with Gasteiger partial charge in [-0.15, -0.1) is 0 Å². The van der Waals surface area contributed by atoms with Crippen molar-refractivity contribution in [3.8, 4) is 0 Å². The van der Waals surface area contributed by atoms with Crippen LogP contribution in [0.2, 0.25) is 0 Å². The molecule has 0 saturated heterocycles. The van der Waals surface area contributed by atoms with Crippen molar-refractivity contribution in [2.75, 3.05) is 0 Å². The number of hydrogen-bond acceptors (Lipinski definition) is 1. The molecule has 14 heavy (non-hydrogen) atoms. The maximum absolute atomic E-state index is 8.30. The predicted molar refractivity (Wildman–Crippen MR) is 61.2 cm³/mol. The summed E-state index contributed by atoms with van der Waals surface area (Å²) in [5.74, 6) is 0. The van der Waals surface area contributed by atoms with Gasteiger partial charge in [0.05, 0.1) is 0 Å². The molecular formula is C11H23N3. The fraction of sp³-hybridized carbons (Fsp3) is 1.00. The van der Waals surface area contributed by atoms with E-state index in [2.05, 4.69) is 23.9 Å². The first-order chi connectivity index (χ1) is 6.85. The monoisotopic (exact) mass is 197 g/mol. The van der Waals surface area contributed by atoms with Gasteiger partial charge in [0.2, 0.25) is 0 Å². The molecule has 0 fully saturated rings. The van der Waals surface area contributed by atoms with E-state index in [1.165, 1.54) is 38.5 Å². The highest BCUT2D eigenvalue weighted by atomic mass is 15.1. The molecule has 3 nitrogen and oxygen atoms in total. The van der Waals surface area contributed by atoms with Gasteiger partial charge in [-0.05, 0) is 18.4 Å². The lowest BCUT2D eigenvalue weighted by atomic mass is 10.0. The highest BCUT2D eigenvalue weighted by Crippen LogP contribution is 2.12. The van der Waals surface area contributed by atoms with Gasteiger partial charge in [-0.2, -0.15) is 0 Å². The fourth-order valence-corrected chi connectivity index (χ4v) is 1.58. The van der Waals surface area contributed by atoms with Crippen LogP contribution in [-0.2, 0) is 0 Å². The molecule has 0 bridgehead atoms. The molecule has 0 amide bonds. The summed E-state index contributed by atoms with van der Waals surface area (Å²) < 4.78 is 0. The summed E-state index contributed by atoms with van der Waals surface area (Å²) in [6.07, 6.45) is 9.88. The summed E-state index contributed by atoms with van der Waals surface area (Å²) in [6.45, 7) is 4.31. The van der Waals surface area contributed by atoms with Crippen LogP contribution in [0.3, 0.4) is 0 Å². The van der Waals surface area contributed by atoms with Crippen molar-refractivity contribution in [1.29, 1.82) is 0 Å². The molecule has 0 radical (unpaired) electrons. The molecule has 0 aliphatic heterocycles. The van der Waals surface area contributed by atoms with E-state index in [0.717, 1.165) is 12.8 Å². The molecular weight excluding hydrogens is 174 g/mol. The van der Waals surface area contributed by atoms with Crippen molar-refractivity contribution >= 4 is 0 Å². The highest BCUT2D eigenvalue weighted by Gasteiger charge is 2.01. The van der Waals surface area contributed by atoms with Crippen LogP contribution in [0.5, 0.6) is 0 Å². The zero-order valence-corrected chi connectivity index (χ0v) is 9.58. The smallest absolute Gasteiger partial charge is 0.0371 e. The third-order valence-corrected chi connectivity index (χ3v) is 2.58. The van der Waals surface area contributed by atoms with Crippen LogP contribution in [-0.4, -0.2) is 6.04 Å². The van der Waals surface area contributed by atoms with E-state index >= 15 is 0 Å². The van der Waals surface area contributed by atoms with Crippen molar-refractivity contribution in [3.05, 3.63) is 10.4 Å². The molecule has 1 atom stereocenters. The van der Waals surface area contributed by atoms with Crippen LogP contribution in [0.4, 0.5) is 0 Å². The second-order valence-corrected chi connectivity index (χ2v) is 3.82. The highest BCUT2D eigenvalue weighted by molar-refractivity contribution is 4.64. The predicted octanol–water partition coefficient (Wildman–Crippen LogP) is 4.83. The van der Waals surface area contributed by atoms with E-state index in [0.29, 0.717) is 0 Å². The van der Waals surface area contributed by atoms with Crippen molar-refractivity contribution in [1.82, 2.24) is 0 Å². The first kappa shape index (κ1) is 13.3. The molecule has 0 heterocycles. The molecule has 0 aromatic carbocycles. The molecule has 0 aliphatic carbocycles. The van der Waals surface area contributed by atoms with Gasteiger partial charge in [-0.1, -0.05) is 57.5 Å². The van der Waals surface area contributed by atoms with Gasteiger partial charge in [0.15, 0.2) is 0 Å². The van der Waals surface area contributed by atoms with Gasteiger partial charge >= 0.3 is 0 Å². The topological polar surface area (TPSA) is 48.8 Å². The summed E-state index contributed by atoms with van der Waals surface area (Å²) in [4.78, 5) is 2.86. The molecule has 1 unspecified atom stereocenters. The Bertz CT molecular complexity index is 162. The molecule has 0 aromatic heterocycles. The van der Waals surface area contributed by atoms with E-state index < -0.39 is 0 Å².